The van der Waals surface area contributed by atoms with Crippen LogP contribution in [0.1, 0.15) is 5.56 Å². The summed E-state index contributed by atoms with van der Waals surface area (Å²) in [5, 5.41) is 2.26. The summed E-state index contributed by atoms with van der Waals surface area (Å²) in [5.74, 6) is 0. The maximum absolute atomic E-state index is 9.02. The Morgan fingerprint density at radius 3 is 2.43 bits per heavy atom. The van der Waals surface area contributed by atoms with E-state index in [-0.39, 0.29) is 0 Å². The van der Waals surface area contributed by atoms with E-state index >= 15 is 0 Å². The van der Waals surface area contributed by atoms with E-state index in [0.29, 0.717) is 6.04 Å². The molecule has 0 saturated carbocycles. The van der Waals surface area contributed by atoms with Crippen LogP contribution in [-0.4, -0.2) is 18.9 Å². The fourth-order valence-corrected chi connectivity index (χ4v) is 2.27. The van der Waals surface area contributed by atoms with Crippen molar-refractivity contribution in [1.82, 2.24) is 0 Å². The normalized spacial score (nSPS) is 11.1. The molecule has 2 nitrogen and oxygen atoms in total. The fourth-order valence-electron chi connectivity index (χ4n) is 1.62. The van der Waals surface area contributed by atoms with Gasteiger partial charge in [0.15, 0.2) is 0 Å². The van der Waals surface area contributed by atoms with Crippen LogP contribution in [0.5, 0.6) is 0 Å². The van der Waals surface area contributed by atoms with E-state index in [1.165, 1.54) is 0 Å². The van der Waals surface area contributed by atoms with Crippen molar-refractivity contribution in [2.45, 2.75) is 6.04 Å². The zero-order valence-electron chi connectivity index (χ0n) is 7.64. The van der Waals surface area contributed by atoms with Gasteiger partial charge in [-0.15, -0.1) is 0 Å². The van der Waals surface area contributed by atoms with Gasteiger partial charge in [0.2, 0.25) is 0 Å². The van der Waals surface area contributed by atoms with E-state index < -0.39 is 9.28 Å². The molecule has 0 unspecified atom stereocenters. The van der Waals surface area contributed by atoms with Crippen molar-refractivity contribution in [3.05, 3.63) is 48.0 Å². The second-order valence-electron chi connectivity index (χ2n) is 3.23. The molecule has 14 heavy (non-hydrogen) atoms. The van der Waals surface area contributed by atoms with Crippen LogP contribution in [0.25, 0.3) is 10.8 Å². The van der Waals surface area contributed by atoms with Crippen LogP contribution in [0, 0.1) is 0 Å². The summed E-state index contributed by atoms with van der Waals surface area (Å²) in [6.07, 6.45) is 0. The van der Waals surface area contributed by atoms with Gasteiger partial charge < -0.3 is 9.59 Å². The van der Waals surface area contributed by atoms with Gasteiger partial charge in [0, 0.05) is 6.04 Å². The Morgan fingerprint density at radius 2 is 1.64 bits per heavy atom. The first-order valence-electron chi connectivity index (χ1n) is 4.48. The zero-order valence-corrected chi connectivity index (χ0v) is 8.64. The smallest absolute Gasteiger partial charge is 0.383 e. The van der Waals surface area contributed by atoms with Gasteiger partial charge in [-0.2, -0.15) is 0 Å². The summed E-state index contributed by atoms with van der Waals surface area (Å²) in [7, 11) is -2.18. The minimum Gasteiger partial charge on any atom is -0.410 e. The maximum atomic E-state index is 9.02. The predicted octanol–water partition coefficient (Wildman–Crippen LogP) is 1.39. The van der Waals surface area contributed by atoms with Gasteiger partial charge >= 0.3 is 9.28 Å². The number of hydrogen-bond acceptors (Lipinski definition) is 2. The minimum absolute atomic E-state index is 0.381. The highest BCUT2D eigenvalue weighted by Gasteiger charge is 2.08. The molecule has 2 aromatic rings. The lowest BCUT2D eigenvalue weighted by Crippen LogP contribution is -2.15. The molecule has 0 aliphatic carbocycles. The second kappa shape index (κ2) is 3.92. The average molecular weight is 203 g/mol. The Morgan fingerprint density at radius 1 is 0.929 bits per heavy atom. The Kier molecular flexibility index (Phi) is 2.63. The topological polar surface area (TPSA) is 40.5 Å². The van der Waals surface area contributed by atoms with Crippen molar-refractivity contribution in [1.29, 1.82) is 0 Å². The molecule has 2 aromatic carbocycles. The van der Waals surface area contributed by atoms with Gasteiger partial charge in [0.05, 0.1) is 0 Å². The van der Waals surface area contributed by atoms with Crippen LogP contribution in [0.2, 0.25) is 0 Å². The van der Waals surface area contributed by atoms with Gasteiger partial charge in [-0.25, -0.2) is 0 Å². The van der Waals surface area contributed by atoms with E-state index in [2.05, 4.69) is 0 Å². The first-order chi connectivity index (χ1) is 6.77. The Bertz CT molecular complexity index is 435. The third kappa shape index (κ3) is 1.85. The quantitative estimate of drug-likeness (QED) is 0.724. The SMILES string of the molecule is O[Si](O)Cc1cccc2ccccc12. The van der Waals surface area contributed by atoms with E-state index in [0.717, 1.165) is 16.3 Å². The number of rotatable bonds is 2. The summed E-state index contributed by atoms with van der Waals surface area (Å²) in [6.45, 7) is 0. The highest BCUT2D eigenvalue weighted by Crippen LogP contribution is 2.18. The van der Waals surface area contributed by atoms with Crippen molar-refractivity contribution >= 4 is 20.1 Å². The molecule has 0 bridgehead atoms. The van der Waals surface area contributed by atoms with Gasteiger partial charge in [-0.3, -0.25) is 0 Å². The Hall–Kier alpha value is -1.16. The molecule has 0 spiro atoms. The molecular formula is C11H11O2Si. The summed E-state index contributed by atoms with van der Waals surface area (Å²) >= 11 is 0. The van der Waals surface area contributed by atoms with Crippen molar-refractivity contribution in [2.75, 3.05) is 0 Å². The molecule has 1 radical (unpaired) electrons. The molecule has 2 rings (SSSR count). The van der Waals surface area contributed by atoms with Crippen LogP contribution in [0.15, 0.2) is 42.5 Å². The number of fused-ring (bicyclic) bond motifs is 1. The van der Waals surface area contributed by atoms with Gasteiger partial charge in [0.1, 0.15) is 0 Å². The highest BCUT2D eigenvalue weighted by molar-refractivity contribution is 6.40. The van der Waals surface area contributed by atoms with Gasteiger partial charge in [-0.05, 0) is 16.3 Å². The lowest BCUT2D eigenvalue weighted by atomic mass is 10.1. The number of hydrogen-bond donors (Lipinski definition) is 2. The van der Waals surface area contributed by atoms with Gasteiger partial charge in [0.25, 0.3) is 0 Å². The predicted molar refractivity (Wildman–Crippen MR) is 57.8 cm³/mol. The summed E-state index contributed by atoms with van der Waals surface area (Å²) < 4.78 is 0. The summed E-state index contributed by atoms with van der Waals surface area (Å²) in [6, 6.07) is 14.3. The van der Waals surface area contributed by atoms with Crippen LogP contribution in [-0.2, 0) is 6.04 Å². The lowest BCUT2D eigenvalue weighted by Gasteiger charge is -2.05. The third-order valence-corrected chi connectivity index (χ3v) is 2.93. The third-order valence-electron chi connectivity index (χ3n) is 2.23. The van der Waals surface area contributed by atoms with Crippen molar-refractivity contribution in [2.24, 2.45) is 0 Å². The Labute approximate surface area is 84.3 Å². The standard InChI is InChI=1S/C11H11O2Si/c12-14(13)8-10-6-3-5-9-4-1-2-7-11(9)10/h1-7,12-13H,8H2. The zero-order chi connectivity index (χ0) is 9.97. The first-order valence-corrected chi connectivity index (χ1v) is 6.08. The van der Waals surface area contributed by atoms with Crippen LogP contribution >= 0.6 is 0 Å². The molecule has 71 valence electrons. The van der Waals surface area contributed by atoms with Crippen LogP contribution in [0.3, 0.4) is 0 Å². The lowest BCUT2D eigenvalue weighted by molar-refractivity contribution is 0.405. The molecular weight excluding hydrogens is 192 g/mol. The van der Waals surface area contributed by atoms with Crippen LogP contribution in [0.4, 0.5) is 0 Å². The largest absolute Gasteiger partial charge is 0.410 e. The van der Waals surface area contributed by atoms with Crippen molar-refractivity contribution in [3.63, 3.8) is 0 Å². The molecule has 2 N–H and O–H groups in total. The maximum Gasteiger partial charge on any atom is 0.383 e. The molecule has 3 heteroatoms. The van der Waals surface area contributed by atoms with E-state index in [9.17, 15) is 0 Å². The fraction of sp³-hybridized carbons (Fsp3) is 0.0909. The molecule has 0 heterocycles. The molecule has 0 aromatic heterocycles. The first kappa shape index (κ1) is 9.39. The number of benzene rings is 2. The molecule has 0 saturated heterocycles. The molecule has 0 atom stereocenters. The molecule has 0 aliphatic heterocycles. The second-order valence-corrected chi connectivity index (χ2v) is 4.42. The molecule has 0 aliphatic rings. The summed E-state index contributed by atoms with van der Waals surface area (Å²) in [5.41, 5.74) is 1.02. The minimum atomic E-state index is -2.18. The van der Waals surface area contributed by atoms with E-state index in [1.807, 2.05) is 42.5 Å². The monoisotopic (exact) mass is 203 g/mol. The van der Waals surface area contributed by atoms with Crippen molar-refractivity contribution in [3.8, 4) is 0 Å². The molecule has 0 amide bonds. The summed E-state index contributed by atoms with van der Waals surface area (Å²) in [4.78, 5) is 18.0. The highest BCUT2D eigenvalue weighted by atomic mass is 28.3. The Balaban J connectivity index is 2.53. The van der Waals surface area contributed by atoms with E-state index in [4.69, 9.17) is 9.59 Å². The van der Waals surface area contributed by atoms with Crippen molar-refractivity contribution < 1.29 is 9.59 Å². The van der Waals surface area contributed by atoms with E-state index in [1.54, 1.807) is 0 Å². The van der Waals surface area contributed by atoms with Crippen LogP contribution < -0.4 is 0 Å². The molecule has 0 fully saturated rings. The average Bonchev–Trinajstić information content (AvgIpc) is 2.18. The van der Waals surface area contributed by atoms with Gasteiger partial charge in [-0.1, -0.05) is 42.5 Å².